The topological polar surface area (TPSA) is 36.9 Å². The van der Waals surface area contributed by atoms with Gasteiger partial charge in [0.1, 0.15) is 23.0 Å². The summed E-state index contributed by atoms with van der Waals surface area (Å²) in [7, 11) is 6.79. The molecule has 2 aromatic carbocycles. The summed E-state index contributed by atoms with van der Waals surface area (Å²) in [5.41, 5.74) is 2.52. The smallest absolute Gasteiger partial charge is 0.126 e. The largest absolute Gasteiger partial charge is 0.497 e. The van der Waals surface area contributed by atoms with Gasteiger partial charge >= 0.3 is 0 Å². The molecule has 0 saturated heterocycles. The van der Waals surface area contributed by atoms with Gasteiger partial charge in [0.2, 0.25) is 0 Å². The molecule has 4 nitrogen and oxygen atoms in total. The van der Waals surface area contributed by atoms with E-state index in [1.807, 2.05) is 24.3 Å². The van der Waals surface area contributed by atoms with E-state index >= 15 is 0 Å². The maximum Gasteiger partial charge on any atom is 0.126 e. The molecule has 1 saturated carbocycles. The van der Waals surface area contributed by atoms with Crippen LogP contribution in [0.5, 0.6) is 23.0 Å². The van der Waals surface area contributed by atoms with Crippen LogP contribution in [-0.4, -0.2) is 28.4 Å². The lowest BCUT2D eigenvalue weighted by molar-refractivity contribution is 0.386. The van der Waals surface area contributed by atoms with Gasteiger partial charge < -0.3 is 18.9 Å². The minimum atomic E-state index is 0.484. The zero-order valence-electron chi connectivity index (χ0n) is 15.4. The standard InChI is InChI=1S/C21H26O4/c1-22-16-7-9-18(20(12-16)24-3)14-5-6-15(11-14)19-10-8-17(23-2)13-21(19)25-4/h7-10,12-15H,5-6,11H2,1-4H3. The Hall–Kier alpha value is -2.36. The van der Waals surface area contributed by atoms with Crippen LogP contribution >= 0.6 is 0 Å². The van der Waals surface area contributed by atoms with Crippen LogP contribution in [0, 0.1) is 0 Å². The molecule has 134 valence electrons. The summed E-state index contributed by atoms with van der Waals surface area (Å²) in [5, 5.41) is 0. The van der Waals surface area contributed by atoms with Crippen molar-refractivity contribution in [3.8, 4) is 23.0 Å². The molecule has 0 N–H and O–H groups in total. The van der Waals surface area contributed by atoms with Crippen molar-refractivity contribution in [1.29, 1.82) is 0 Å². The number of methoxy groups -OCH3 is 4. The van der Waals surface area contributed by atoms with E-state index in [1.165, 1.54) is 11.1 Å². The average Bonchev–Trinajstić information content (AvgIpc) is 3.16. The van der Waals surface area contributed by atoms with Gasteiger partial charge in [0, 0.05) is 12.1 Å². The molecule has 0 aromatic heterocycles. The molecule has 0 spiro atoms. The first-order chi connectivity index (χ1) is 12.2. The molecule has 2 aromatic rings. The third-order valence-corrected chi connectivity index (χ3v) is 5.19. The SMILES string of the molecule is COc1ccc(C2CCC(c3ccc(OC)cc3OC)C2)c(OC)c1. The number of hydrogen-bond donors (Lipinski definition) is 0. The Balaban J connectivity index is 1.83. The first kappa shape index (κ1) is 17.5. The third-order valence-electron chi connectivity index (χ3n) is 5.19. The fourth-order valence-corrected chi connectivity index (χ4v) is 3.86. The average molecular weight is 342 g/mol. The molecule has 1 fully saturated rings. The predicted octanol–water partition coefficient (Wildman–Crippen LogP) is 4.77. The van der Waals surface area contributed by atoms with Crippen LogP contribution in [-0.2, 0) is 0 Å². The van der Waals surface area contributed by atoms with Gasteiger partial charge in [-0.25, -0.2) is 0 Å². The molecule has 3 rings (SSSR count). The van der Waals surface area contributed by atoms with E-state index in [1.54, 1.807) is 28.4 Å². The minimum Gasteiger partial charge on any atom is -0.497 e. The van der Waals surface area contributed by atoms with Gasteiger partial charge in [0.25, 0.3) is 0 Å². The Bertz CT molecular complexity index is 664. The summed E-state index contributed by atoms with van der Waals surface area (Å²) in [6, 6.07) is 12.2. The Labute approximate surface area is 149 Å². The lowest BCUT2D eigenvalue weighted by Crippen LogP contribution is -2.01. The molecule has 0 bridgehead atoms. The van der Waals surface area contributed by atoms with E-state index in [4.69, 9.17) is 18.9 Å². The van der Waals surface area contributed by atoms with Gasteiger partial charge in [-0.2, -0.15) is 0 Å². The van der Waals surface area contributed by atoms with Crippen molar-refractivity contribution < 1.29 is 18.9 Å². The maximum atomic E-state index is 5.60. The summed E-state index contributed by atoms with van der Waals surface area (Å²) in [6.07, 6.45) is 3.37. The summed E-state index contributed by atoms with van der Waals surface area (Å²) in [4.78, 5) is 0. The highest BCUT2D eigenvalue weighted by Gasteiger charge is 2.30. The van der Waals surface area contributed by atoms with E-state index < -0.39 is 0 Å². The molecule has 0 radical (unpaired) electrons. The van der Waals surface area contributed by atoms with E-state index in [2.05, 4.69) is 12.1 Å². The molecular weight excluding hydrogens is 316 g/mol. The minimum absolute atomic E-state index is 0.484. The summed E-state index contributed by atoms with van der Waals surface area (Å²) < 4.78 is 21.8. The van der Waals surface area contributed by atoms with Crippen LogP contribution in [0.3, 0.4) is 0 Å². The second-order valence-corrected chi connectivity index (χ2v) is 6.42. The molecule has 25 heavy (non-hydrogen) atoms. The van der Waals surface area contributed by atoms with Crippen LogP contribution in [0.4, 0.5) is 0 Å². The number of benzene rings is 2. The van der Waals surface area contributed by atoms with Crippen molar-refractivity contribution in [3.05, 3.63) is 47.5 Å². The Morgan fingerprint density at radius 1 is 0.640 bits per heavy atom. The van der Waals surface area contributed by atoms with Crippen LogP contribution in [0.1, 0.15) is 42.2 Å². The second-order valence-electron chi connectivity index (χ2n) is 6.42. The van der Waals surface area contributed by atoms with Crippen LogP contribution < -0.4 is 18.9 Å². The lowest BCUT2D eigenvalue weighted by atomic mass is 9.92. The molecule has 0 aliphatic heterocycles. The molecule has 0 heterocycles. The van der Waals surface area contributed by atoms with Crippen LogP contribution in [0.2, 0.25) is 0 Å². The zero-order chi connectivity index (χ0) is 17.8. The van der Waals surface area contributed by atoms with Crippen molar-refractivity contribution in [1.82, 2.24) is 0 Å². The van der Waals surface area contributed by atoms with Gasteiger partial charge in [-0.1, -0.05) is 12.1 Å². The van der Waals surface area contributed by atoms with E-state index in [0.29, 0.717) is 11.8 Å². The normalized spacial score (nSPS) is 19.5. The fourth-order valence-electron chi connectivity index (χ4n) is 3.86. The monoisotopic (exact) mass is 342 g/mol. The highest BCUT2D eigenvalue weighted by Crippen LogP contribution is 2.48. The lowest BCUT2D eigenvalue weighted by Gasteiger charge is -2.18. The summed E-state index contributed by atoms with van der Waals surface area (Å²) >= 11 is 0. The van der Waals surface area contributed by atoms with Crippen molar-refractivity contribution in [2.24, 2.45) is 0 Å². The van der Waals surface area contributed by atoms with Gasteiger partial charge in [0.15, 0.2) is 0 Å². The number of ether oxygens (including phenoxy) is 4. The quantitative estimate of drug-likeness (QED) is 0.757. The first-order valence-corrected chi connectivity index (χ1v) is 8.64. The van der Waals surface area contributed by atoms with Gasteiger partial charge in [-0.05, 0) is 54.4 Å². The maximum absolute atomic E-state index is 5.60. The van der Waals surface area contributed by atoms with Gasteiger partial charge in [-0.15, -0.1) is 0 Å². The number of rotatable bonds is 6. The van der Waals surface area contributed by atoms with Gasteiger partial charge in [0.05, 0.1) is 28.4 Å². The Kier molecular flexibility index (Phi) is 5.37. The summed E-state index contributed by atoms with van der Waals surface area (Å²) in [5.74, 6) is 4.44. The van der Waals surface area contributed by atoms with Gasteiger partial charge in [-0.3, -0.25) is 0 Å². The van der Waals surface area contributed by atoms with Crippen molar-refractivity contribution in [3.63, 3.8) is 0 Å². The fraction of sp³-hybridized carbons (Fsp3) is 0.429. The van der Waals surface area contributed by atoms with Crippen LogP contribution in [0.15, 0.2) is 36.4 Å². The highest BCUT2D eigenvalue weighted by molar-refractivity contribution is 5.46. The zero-order valence-corrected chi connectivity index (χ0v) is 15.4. The molecule has 2 unspecified atom stereocenters. The number of hydrogen-bond acceptors (Lipinski definition) is 4. The first-order valence-electron chi connectivity index (χ1n) is 8.64. The Morgan fingerprint density at radius 3 is 1.44 bits per heavy atom. The van der Waals surface area contributed by atoms with Crippen molar-refractivity contribution in [2.45, 2.75) is 31.1 Å². The van der Waals surface area contributed by atoms with Crippen LogP contribution in [0.25, 0.3) is 0 Å². The van der Waals surface area contributed by atoms with E-state index in [9.17, 15) is 0 Å². The summed E-state index contributed by atoms with van der Waals surface area (Å²) in [6.45, 7) is 0. The van der Waals surface area contributed by atoms with Crippen molar-refractivity contribution >= 4 is 0 Å². The molecular formula is C21H26O4. The molecule has 1 aliphatic rings. The van der Waals surface area contributed by atoms with Crippen molar-refractivity contribution in [2.75, 3.05) is 28.4 Å². The van der Waals surface area contributed by atoms with E-state index in [0.717, 1.165) is 42.3 Å². The molecule has 2 atom stereocenters. The molecule has 1 aliphatic carbocycles. The predicted molar refractivity (Wildman–Crippen MR) is 98.4 cm³/mol. The third kappa shape index (κ3) is 3.53. The Morgan fingerprint density at radius 2 is 1.08 bits per heavy atom. The highest BCUT2D eigenvalue weighted by atomic mass is 16.5. The molecule has 4 heteroatoms. The second kappa shape index (κ2) is 7.68. The van der Waals surface area contributed by atoms with E-state index in [-0.39, 0.29) is 0 Å². The molecule has 0 amide bonds.